The van der Waals surface area contributed by atoms with Gasteiger partial charge in [0.2, 0.25) is 10.0 Å². The van der Waals surface area contributed by atoms with E-state index in [4.69, 9.17) is 5.73 Å². The maximum atomic E-state index is 13.6. The van der Waals surface area contributed by atoms with Gasteiger partial charge in [-0.3, -0.25) is 0 Å². The molecule has 0 aliphatic rings. The van der Waals surface area contributed by atoms with Gasteiger partial charge in [0.15, 0.2) is 0 Å². The number of sulfonamides is 1. The number of rotatable bonds is 6. The molecule has 1 rings (SSSR count). The van der Waals surface area contributed by atoms with Crippen LogP contribution in [0.25, 0.3) is 0 Å². The maximum absolute atomic E-state index is 13.6. The van der Waals surface area contributed by atoms with Crippen LogP contribution in [0.2, 0.25) is 0 Å². The van der Waals surface area contributed by atoms with Crippen LogP contribution in [0.5, 0.6) is 0 Å². The summed E-state index contributed by atoms with van der Waals surface area (Å²) in [5.41, 5.74) is 5.50. The molecule has 4 nitrogen and oxygen atoms in total. The minimum Gasteiger partial charge on any atom is -0.326 e. The Bertz CT molecular complexity index is 531. The van der Waals surface area contributed by atoms with Crippen LogP contribution in [0.1, 0.15) is 32.3 Å². The van der Waals surface area contributed by atoms with Gasteiger partial charge in [-0.1, -0.05) is 19.4 Å². The van der Waals surface area contributed by atoms with Crippen LogP contribution in [0.3, 0.4) is 0 Å². The monoisotopic (exact) mass is 288 g/mol. The molecular formula is C13H21FN2O2S. The first-order valence-electron chi connectivity index (χ1n) is 6.31. The lowest BCUT2D eigenvalue weighted by molar-refractivity contribution is 0.368. The maximum Gasteiger partial charge on any atom is 0.243 e. The summed E-state index contributed by atoms with van der Waals surface area (Å²) in [5, 5.41) is 0. The molecular weight excluding hydrogens is 267 g/mol. The van der Waals surface area contributed by atoms with Crippen molar-refractivity contribution in [3.05, 3.63) is 29.6 Å². The van der Waals surface area contributed by atoms with Crippen LogP contribution in [0.15, 0.2) is 23.1 Å². The quantitative estimate of drug-likeness (QED) is 0.872. The summed E-state index contributed by atoms with van der Waals surface area (Å²) in [7, 11) is -2.20. The first-order valence-corrected chi connectivity index (χ1v) is 7.75. The van der Waals surface area contributed by atoms with Crippen LogP contribution >= 0.6 is 0 Å². The second-order valence-electron chi connectivity index (χ2n) is 4.58. The molecule has 0 bridgehead atoms. The van der Waals surface area contributed by atoms with Gasteiger partial charge in [-0.15, -0.1) is 0 Å². The third-order valence-electron chi connectivity index (χ3n) is 3.26. The topological polar surface area (TPSA) is 63.4 Å². The smallest absolute Gasteiger partial charge is 0.243 e. The molecule has 0 heterocycles. The molecule has 1 atom stereocenters. The molecule has 0 fully saturated rings. The Kier molecular flexibility index (Phi) is 5.46. The Labute approximate surface area is 114 Å². The highest BCUT2D eigenvalue weighted by atomic mass is 32.2. The van der Waals surface area contributed by atoms with Crippen molar-refractivity contribution in [2.75, 3.05) is 7.05 Å². The van der Waals surface area contributed by atoms with E-state index in [0.29, 0.717) is 0 Å². The van der Waals surface area contributed by atoms with Gasteiger partial charge in [-0.2, -0.15) is 4.31 Å². The van der Waals surface area contributed by atoms with Crippen molar-refractivity contribution < 1.29 is 12.8 Å². The average molecular weight is 288 g/mol. The number of hydrogen-bond donors (Lipinski definition) is 1. The molecule has 0 spiro atoms. The zero-order valence-corrected chi connectivity index (χ0v) is 12.4. The van der Waals surface area contributed by atoms with Gasteiger partial charge in [-0.05, 0) is 25.5 Å². The van der Waals surface area contributed by atoms with Crippen LogP contribution in [-0.2, 0) is 16.6 Å². The molecule has 1 aromatic rings. The molecule has 0 saturated carbocycles. The first-order chi connectivity index (χ1) is 8.86. The largest absolute Gasteiger partial charge is 0.326 e. The molecule has 1 unspecified atom stereocenters. The molecule has 1 aromatic carbocycles. The predicted octanol–water partition coefficient (Wildman–Crippen LogP) is 2.09. The van der Waals surface area contributed by atoms with E-state index < -0.39 is 15.8 Å². The minimum atomic E-state index is -3.71. The van der Waals surface area contributed by atoms with Crippen LogP contribution in [-0.4, -0.2) is 25.8 Å². The molecule has 0 aliphatic heterocycles. The van der Waals surface area contributed by atoms with Crippen molar-refractivity contribution in [1.82, 2.24) is 4.31 Å². The number of benzene rings is 1. The Hall–Kier alpha value is -0.980. The van der Waals surface area contributed by atoms with Crippen molar-refractivity contribution in [2.24, 2.45) is 5.73 Å². The van der Waals surface area contributed by atoms with Crippen molar-refractivity contribution >= 4 is 10.0 Å². The standard InChI is InChI=1S/C13H21FN2O2S/c1-4-6-10(2)16(3)19(17,18)13-8-5-7-12(14)11(13)9-15/h5,7-8,10H,4,6,9,15H2,1-3H3. The summed E-state index contributed by atoms with van der Waals surface area (Å²) in [6.45, 7) is 3.68. The summed E-state index contributed by atoms with van der Waals surface area (Å²) >= 11 is 0. The summed E-state index contributed by atoms with van der Waals surface area (Å²) in [5.74, 6) is -0.583. The Morgan fingerprint density at radius 2 is 2.05 bits per heavy atom. The minimum absolute atomic E-state index is 0.0399. The van der Waals surface area contributed by atoms with Gasteiger partial charge in [-0.25, -0.2) is 12.8 Å². The zero-order chi connectivity index (χ0) is 14.6. The highest BCUT2D eigenvalue weighted by molar-refractivity contribution is 7.89. The molecule has 0 saturated heterocycles. The fourth-order valence-corrected chi connectivity index (χ4v) is 3.60. The number of nitrogens with two attached hydrogens (primary N) is 1. The van der Waals surface area contributed by atoms with Crippen LogP contribution in [0, 0.1) is 5.82 Å². The fraction of sp³-hybridized carbons (Fsp3) is 0.538. The van der Waals surface area contributed by atoms with E-state index in [1.54, 1.807) is 0 Å². The highest BCUT2D eigenvalue weighted by Gasteiger charge is 2.27. The van der Waals surface area contributed by atoms with E-state index in [1.807, 2.05) is 13.8 Å². The summed E-state index contributed by atoms with van der Waals surface area (Å²) in [6, 6.07) is 3.87. The van der Waals surface area contributed by atoms with E-state index in [1.165, 1.54) is 29.6 Å². The Morgan fingerprint density at radius 1 is 1.42 bits per heavy atom. The number of nitrogens with zero attached hydrogens (tertiary/aromatic N) is 1. The van der Waals surface area contributed by atoms with E-state index >= 15 is 0 Å². The van der Waals surface area contributed by atoms with Gasteiger partial charge in [0.25, 0.3) is 0 Å². The lowest BCUT2D eigenvalue weighted by Crippen LogP contribution is -2.35. The molecule has 0 radical (unpaired) electrons. The molecule has 19 heavy (non-hydrogen) atoms. The van der Waals surface area contributed by atoms with Gasteiger partial charge in [0.1, 0.15) is 5.82 Å². The summed E-state index contributed by atoms with van der Waals surface area (Å²) in [4.78, 5) is -0.0412. The lowest BCUT2D eigenvalue weighted by atomic mass is 10.2. The number of halogens is 1. The molecule has 6 heteroatoms. The van der Waals surface area contributed by atoms with Crippen molar-refractivity contribution in [2.45, 2.75) is 44.2 Å². The predicted molar refractivity (Wildman–Crippen MR) is 73.6 cm³/mol. The van der Waals surface area contributed by atoms with Crippen molar-refractivity contribution in [1.29, 1.82) is 0 Å². The molecule has 108 valence electrons. The fourth-order valence-electron chi connectivity index (χ4n) is 1.97. The molecule has 0 aliphatic carbocycles. The van der Waals surface area contributed by atoms with Crippen LogP contribution < -0.4 is 5.73 Å². The van der Waals surface area contributed by atoms with Gasteiger partial charge >= 0.3 is 0 Å². The first kappa shape index (κ1) is 16.1. The zero-order valence-electron chi connectivity index (χ0n) is 11.6. The Balaban J connectivity index is 3.24. The van der Waals surface area contributed by atoms with E-state index in [2.05, 4.69) is 0 Å². The third kappa shape index (κ3) is 3.32. The summed E-state index contributed by atoms with van der Waals surface area (Å²) < 4.78 is 39.9. The van der Waals surface area contributed by atoms with Gasteiger partial charge < -0.3 is 5.73 Å². The SMILES string of the molecule is CCCC(C)N(C)S(=O)(=O)c1cccc(F)c1CN. The Morgan fingerprint density at radius 3 is 2.58 bits per heavy atom. The van der Waals surface area contributed by atoms with E-state index in [0.717, 1.165) is 12.8 Å². The van der Waals surface area contributed by atoms with E-state index in [9.17, 15) is 12.8 Å². The second-order valence-corrected chi connectivity index (χ2v) is 6.55. The lowest BCUT2D eigenvalue weighted by Gasteiger charge is -2.25. The molecule has 0 amide bonds. The van der Waals surface area contributed by atoms with Crippen molar-refractivity contribution in [3.63, 3.8) is 0 Å². The molecule has 2 N–H and O–H groups in total. The van der Waals surface area contributed by atoms with Gasteiger partial charge in [0, 0.05) is 25.2 Å². The summed E-state index contributed by atoms with van der Waals surface area (Å²) in [6.07, 6.45) is 1.64. The van der Waals surface area contributed by atoms with E-state index in [-0.39, 0.29) is 23.0 Å². The average Bonchev–Trinajstić information content (AvgIpc) is 2.37. The highest BCUT2D eigenvalue weighted by Crippen LogP contribution is 2.23. The molecule has 0 aromatic heterocycles. The third-order valence-corrected chi connectivity index (χ3v) is 5.32. The number of hydrogen-bond acceptors (Lipinski definition) is 3. The van der Waals surface area contributed by atoms with Crippen LogP contribution in [0.4, 0.5) is 4.39 Å². The van der Waals surface area contributed by atoms with Crippen molar-refractivity contribution in [3.8, 4) is 0 Å². The second kappa shape index (κ2) is 6.45. The van der Waals surface area contributed by atoms with Gasteiger partial charge in [0.05, 0.1) is 4.90 Å². The normalized spacial score (nSPS) is 13.8.